The highest BCUT2D eigenvalue weighted by Crippen LogP contribution is 2.37. The molecule has 0 bridgehead atoms. The number of thiazole rings is 1. The Hall–Kier alpha value is -3.50. The lowest BCUT2D eigenvalue weighted by Gasteiger charge is -2.07. The van der Waals surface area contributed by atoms with E-state index < -0.39 is 0 Å². The van der Waals surface area contributed by atoms with E-state index in [2.05, 4.69) is 100 Å². The van der Waals surface area contributed by atoms with Crippen LogP contribution in [0.15, 0.2) is 78.9 Å². The molecule has 3 nitrogen and oxygen atoms in total. The van der Waals surface area contributed by atoms with E-state index in [0.29, 0.717) is 0 Å². The predicted molar refractivity (Wildman–Crippen MR) is 134 cm³/mol. The molecule has 0 aliphatic heterocycles. The van der Waals surface area contributed by atoms with E-state index in [1.807, 2.05) is 10.7 Å². The molecule has 0 saturated heterocycles. The summed E-state index contributed by atoms with van der Waals surface area (Å²) in [5.41, 5.74) is 10.2. The number of rotatable bonds is 4. The molecule has 0 N–H and O–H groups in total. The highest BCUT2D eigenvalue weighted by atomic mass is 32.1. The van der Waals surface area contributed by atoms with Crippen molar-refractivity contribution >= 4 is 11.3 Å². The van der Waals surface area contributed by atoms with Gasteiger partial charge in [0.25, 0.3) is 0 Å². The molecule has 0 radical (unpaired) electrons. The second kappa shape index (κ2) is 8.21. The van der Waals surface area contributed by atoms with Crippen LogP contribution >= 0.6 is 11.3 Å². The Balaban J connectivity index is 1.74. The Morgan fingerprint density at radius 3 is 1.97 bits per heavy atom. The maximum absolute atomic E-state index is 5.11. The smallest absolute Gasteiger partial charge is 0.211 e. The molecule has 158 valence electrons. The number of aromatic nitrogens is 3. The summed E-state index contributed by atoms with van der Waals surface area (Å²) < 4.78 is 2.03. The molecule has 32 heavy (non-hydrogen) atoms. The second-order valence-corrected chi connectivity index (χ2v) is 9.42. The molecule has 5 aromatic rings. The average Bonchev–Trinajstić information content (AvgIpc) is 3.34. The zero-order chi connectivity index (χ0) is 22.2. The molecule has 5 rings (SSSR count). The third-order valence-corrected chi connectivity index (χ3v) is 6.67. The van der Waals surface area contributed by atoms with Crippen LogP contribution in [-0.4, -0.2) is 14.8 Å². The van der Waals surface area contributed by atoms with Crippen molar-refractivity contribution in [1.82, 2.24) is 14.8 Å². The molecule has 4 heteroatoms. The van der Waals surface area contributed by atoms with Gasteiger partial charge in [0.05, 0.1) is 17.1 Å². The topological polar surface area (TPSA) is 30.7 Å². The van der Waals surface area contributed by atoms with Crippen LogP contribution in [-0.2, 0) is 0 Å². The number of benzene rings is 3. The molecule has 0 aliphatic carbocycles. The summed E-state index contributed by atoms with van der Waals surface area (Å²) in [5.74, 6) is 0. The summed E-state index contributed by atoms with van der Waals surface area (Å²) in [6.07, 6.45) is 0. The monoisotopic (exact) mass is 435 g/mol. The van der Waals surface area contributed by atoms with E-state index in [4.69, 9.17) is 10.1 Å². The Morgan fingerprint density at radius 1 is 0.656 bits per heavy atom. The van der Waals surface area contributed by atoms with Crippen LogP contribution in [0.25, 0.3) is 38.9 Å². The molecule has 0 atom stereocenters. The number of hydrogen-bond acceptors (Lipinski definition) is 3. The summed E-state index contributed by atoms with van der Waals surface area (Å²) in [4.78, 5) is 6.23. The van der Waals surface area contributed by atoms with Gasteiger partial charge in [0.1, 0.15) is 0 Å². The van der Waals surface area contributed by atoms with Gasteiger partial charge in [0.2, 0.25) is 5.13 Å². The Morgan fingerprint density at radius 2 is 1.28 bits per heavy atom. The lowest BCUT2D eigenvalue weighted by molar-refractivity contribution is 0.881. The predicted octanol–water partition coefficient (Wildman–Crippen LogP) is 7.56. The normalized spacial score (nSPS) is 11.1. The largest absolute Gasteiger partial charge is 0.218 e. The molecular formula is C28H25N3S. The molecule has 0 saturated carbocycles. The fourth-order valence-electron chi connectivity index (χ4n) is 4.17. The quantitative estimate of drug-likeness (QED) is 0.291. The zero-order valence-electron chi connectivity index (χ0n) is 18.8. The van der Waals surface area contributed by atoms with E-state index in [1.54, 1.807) is 11.3 Å². The van der Waals surface area contributed by atoms with Gasteiger partial charge >= 0.3 is 0 Å². The summed E-state index contributed by atoms with van der Waals surface area (Å²) in [7, 11) is 0. The van der Waals surface area contributed by atoms with E-state index in [-0.39, 0.29) is 0 Å². The van der Waals surface area contributed by atoms with Gasteiger partial charge in [-0.1, -0.05) is 89.2 Å². The van der Waals surface area contributed by atoms with E-state index >= 15 is 0 Å². The van der Waals surface area contributed by atoms with Gasteiger partial charge in [-0.2, -0.15) is 5.10 Å². The molecule has 3 aromatic carbocycles. The van der Waals surface area contributed by atoms with E-state index in [1.165, 1.54) is 16.0 Å². The Labute approximate surface area is 193 Å². The first-order valence-electron chi connectivity index (χ1n) is 10.8. The average molecular weight is 436 g/mol. The van der Waals surface area contributed by atoms with Crippen molar-refractivity contribution in [2.75, 3.05) is 0 Å². The minimum absolute atomic E-state index is 0.889. The number of aryl methyl sites for hydroxylation is 3. The van der Waals surface area contributed by atoms with Crippen LogP contribution in [0.5, 0.6) is 0 Å². The summed E-state index contributed by atoms with van der Waals surface area (Å²) in [5, 5.41) is 6.00. The first-order valence-corrected chi connectivity index (χ1v) is 11.6. The number of hydrogen-bond donors (Lipinski definition) is 0. The van der Waals surface area contributed by atoms with E-state index in [0.717, 1.165) is 44.5 Å². The number of nitrogens with zero attached hydrogens (tertiary/aromatic N) is 3. The Kier molecular flexibility index (Phi) is 5.24. The fourth-order valence-corrected chi connectivity index (χ4v) is 5.06. The molecule has 2 aromatic heterocycles. The van der Waals surface area contributed by atoms with Crippen molar-refractivity contribution < 1.29 is 0 Å². The summed E-state index contributed by atoms with van der Waals surface area (Å²) in [6.45, 7) is 8.54. The lowest BCUT2D eigenvalue weighted by Crippen LogP contribution is -1.99. The third-order valence-electron chi connectivity index (χ3n) is 5.72. The lowest BCUT2D eigenvalue weighted by atomic mass is 10.0. The van der Waals surface area contributed by atoms with Gasteiger partial charge in [-0.25, -0.2) is 9.67 Å². The minimum Gasteiger partial charge on any atom is -0.218 e. The summed E-state index contributed by atoms with van der Waals surface area (Å²) >= 11 is 1.69. The molecule has 2 heterocycles. The standard InChI is InChI=1S/C28H25N3S/c1-18-10-8-14-23(16-18)25-20(3)27(24-15-9-11-19(2)17-24)31(30-25)28-29-26(21(4)32-28)22-12-6-5-7-13-22/h5-17H,1-4H3. The van der Waals surface area contributed by atoms with Gasteiger partial charge in [-0.15, -0.1) is 0 Å². The highest BCUT2D eigenvalue weighted by molar-refractivity contribution is 7.14. The van der Waals surface area contributed by atoms with Crippen molar-refractivity contribution in [1.29, 1.82) is 0 Å². The molecule has 0 spiro atoms. The first kappa shape index (κ1) is 20.4. The SMILES string of the molecule is Cc1cccc(-c2nn(-c3nc(-c4ccccc4)c(C)s3)c(-c3cccc(C)c3)c2C)c1. The van der Waals surface area contributed by atoms with Crippen molar-refractivity contribution in [3.8, 4) is 38.9 Å². The second-order valence-electron chi connectivity index (χ2n) is 8.24. The van der Waals surface area contributed by atoms with Crippen LogP contribution in [0.2, 0.25) is 0 Å². The van der Waals surface area contributed by atoms with Crippen LogP contribution in [0.1, 0.15) is 21.6 Å². The Bertz CT molecular complexity index is 1410. The van der Waals surface area contributed by atoms with Crippen molar-refractivity contribution in [3.05, 3.63) is 100 Å². The maximum atomic E-state index is 5.11. The molecule has 0 aliphatic rings. The zero-order valence-corrected chi connectivity index (χ0v) is 19.6. The van der Waals surface area contributed by atoms with Gasteiger partial charge in [-0.3, -0.25) is 0 Å². The van der Waals surface area contributed by atoms with Crippen LogP contribution < -0.4 is 0 Å². The third kappa shape index (κ3) is 3.67. The van der Waals surface area contributed by atoms with Crippen LogP contribution in [0.4, 0.5) is 0 Å². The molecule has 0 unspecified atom stereocenters. The van der Waals surface area contributed by atoms with Gasteiger partial charge in [0, 0.05) is 27.1 Å². The van der Waals surface area contributed by atoms with Crippen molar-refractivity contribution in [2.24, 2.45) is 0 Å². The molecule has 0 amide bonds. The van der Waals surface area contributed by atoms with Crippen molar-refractivity contribution in [2.45, 2.75) is 27.7 Å². The van der Waals surface area contributed by atoms with E-state index in [9.17, 15) is 0 Å². The minimum atomic E-state index is 0.889. The maximum Gasteiger partial charge on any atom is 0.211 e. The molecular weight excluding hydrogens is 410 g/mol. The molecule has 0 fully saturated rings. The first-order chi connectivity index (χ1) is 15.5. The fraction of sp³-hybridized carbons (Fsp3) is 0.143. The van der Waals surface area contributed by atoms with Crippen molar-refractivity contribution in [3.63, 3.8) is 0 Å². The van der Waals surface area contributed by atoms with Gasteiger partial charge in [-0.05, 0) is 39.8 Å². The van der Waals surface area contributed by atoms with Gasteiger partial charge in [0.15, 0.2) is 0 Å². The highest BCUT2D eigenvalue weighted by Gasteiger charge is 2.22. The van der Waals surface area contributed by atoms with Gasteiger partial charge < -0.3 is 0 Å². The van der Waals surface area contributed by atoms with Crippen LogP contribution in [0, 0.1) is 27.7 Å². The van der Waals surface area contributed by atoms with Crippen LogP contribution in [0.3, 0.4) is 0 Å². The summed E-state index contributed by atoms with van der Waals surface area (Å²) in [6, 6.07) is 27.5.